The molecule has 1 unspecified atom stereocenters. The van der Waals surface area contributed by atoms with Crippen molar-refractivity contribution >= 4 is 80.5 Å². The first-order chi connectivity index (χ1) is 34.8. The summed E-state index contributed by atoms with van der Waals surface area (Å²) in [6, 6.07) is 43.0. The topological polar surface area (TPSA) is 88.1 Å². The number of alkyl halides is 6. The summed E-state index contributed by atoms with van der Waals surface area (Å²) in [4.78, 5) is 22.0. The van der Waals surface area contributed by atoms with Crippen molar-refractivity contribution in [2.75, 3.05) is 49.4 Å². The van der Waals surface area contributed by atoms with Gasteiger partial charge in [0, 0.05) is 61.0 Å². The quantitative estimate of drug-likeness (QED) is 0.0392. The Morgan fingerprint density at radius 2 is 0.767 bits per heavy atom. The molecule has 1 atom stereocenters. The summed E-state index contributed by atoms with van der Waals surface area (Å²) < 4.78 is 110. The molecule has 0 aliphatic carbocycles. The Kier molecular flexibility index (Phi) is 24.4. The Balaban J connectivity index is 0.000000271. The van der Waals surface area contributed by atoms with Crippen molar-refractivity contribution in [2.45, 2.75) is 50.2 Å². The fraction of sp³-hybridized carbons (Fsp3) is 0.296. The van der Waals surface area contributed by atoms with Crippen LogP contribution >= 0.6 is 58.2 Å². The van der Waals surface area contributed by atoms with Gasteiger partial charge in [0.1, 0.15) is 23.7 Å². The highest BCUT2D eigenvalue weighted by atomic mass is 35.5. The number of halogens is 10. The summed E-state index contributed by atoms with van der Waals surface area (Å²) in [5.41, 5.74) is 5.07. The van der Waals surface area contributed by atoms with Crippen molar-refractivity contribution in [3.05, 3.63) is 199 Å². The predicted molar refractivity (Wildman–Crippen MR) is 279 cm³/mol. The number of thioether (sulfide) groups is 1. The number of hydrogen-bond donors (Lipinski definition) is 0. The Morgan fingerprint density at radius 1 is 0.452 bits per heavy atom. The van der Waals surface area contributed by atoms with Gasteiger partial charge in [0.05, 0.1) is 32.2 Å². The maximum atomic E-state index is 12.5. The minimum Gasteiger partial charge on any atom is -0.493 e. The molecule has 0 amide bonds. The second kappa shape index (κ2) is 30.1. The van der Waals surface area contributed by atoms with Crippen molar-refractivity contribution in [1.29, 1.82) is 0 Å². The van der Waals surface area contributed by atoms with E-state index in [1.54, 1.807) is 84.6 Å². The smallest absolute Gasteiger partial charge is 0.449 e. The predicted octanol–water partition coefficient (Wildman–Crippen LogP) is 15.0. The third-order valence-electron chi connectivity index (χ3n) is 10.6. The van der Waals surface area contributed by atoms with E-state index in [-0.39, 0.29) is 44.0 Å². The minimum absolute atomic E-state index is 0.00429. The van der Waals surface area contributed by atoms with E-state index in [2.05, 4.69) is 0 Å². The van der Waals surface area contributed by atoms with Gasteiger partial charge in [-0.1, -0.05) is 119 Å². The summed E-state index contributed by atoms with van der Waals surface area (Å²) in [5, 5.41) is 2.56. The molecule has 73 heavy (non-hydrogen) atoms. The van der Waals surface area contributed by atoms with E-state index in [0.717, 1.165) is 33.8 Å². The highest BCUT2D eigenvalue weighted by Crippen LogP contribution is 2.30. The Bertz CT molecular complexity index is 2530. The molecule has 19 heteroatoms. The van der Waals surface area contributed by atoms with Crippen molar-refractivity contribution in [3.8, 4) is 11.5 Å². The second-order valence-electron chi connectivity index (χ2n) is 16.0. The van der Waals surface area contributed by atoms with Gasteiger partial charge in [-0.15, -0.1) is 0 Å². The molecular formula is C54H50Cl4F6O7S2. The summed E-state index contributed by atoms with van der Waals surface area (Å²) in [7, 11) is -1.19. The zero-order chi connectivity index (χ0) is 52.8. The molecule has 0 radical (unpaired) electrons. The van der Waals surface area contributed by atoms with Crippen LogP contribution in [-0.2, 0) is 42.7 Å². The number of hydrogen-bond acceptors (Lipinski definition) is 8. The van der Waals surface area contributed by atoms with Crippen molar-refractivity contribution in [1.82, 2.24) is 0 Å². The Hall–Kier alpha value is -4.58. The monoisotopic (exact) mass is 1130 g/mol. The van der Waals surface area contributed by atoms with Gasteiger partial charge in [0.2, 0.25) is 11.6 Å². The SMILES string of the molecule is O=C(CCc1ccc(OCCS(=O)CCOC(c2ccc(Cl)cc2)c2ccc(Cl)cc2)cc1)C(F)(F)F.O=C(CCc1ccc(OCCSCCOC(c2ccc(Cl)cc2)c2ccc(Cl)cc2)cc1)C(F)(F)F. The van der Waals surface area contributed by atoms with Gasteiger partial charge in [0.15, 0.2) is 0 Å². The average Bonchev–Trinajstić information content (AvgIpc) is 3.36. The van der Waals surface area contributed by atoms with Gasteiger partial charge in [-0.05, 0) is 119 Å². The second-order valence-corrected chi connectivity index (χ2v) is 20.7. The maximum Gasteiger partial charge on any atom is 0.449 e. The molecule has 0 N–H and O–H groups in total. The highest BCUT2D eigenvalue weighted by Gasteiger charge is 2.38. The molecule has 6 aromatic rings. The molecule has 0 fully saturated rings. The molecule has 0 saturated carbocycles. The minimum atomic E-state index is -4.81. The molecule has 0 saturated heterocycles. The van der Waals surface area contributed by atoms with Crippen molar-refractivity contribution < 1.29 is 59.1 Å². The van der Waals surface area contributed by atoms with E-state index < -0.39 is 47.6 Å². The Morgan fingerprint density at radius 3 is 1.12 bits per heavy atom. The number of rotatable bonds is 26. The molecule has 0 aromatic heterocycles. The van der Waals surface area contributed by atoms with Gasteiger partial charge in [-0.3, -0.25) is 13.8 Å². The zero-order valence-electron chi connectivity index (χ0n) is 39.0. The molecule has 6 aromatic carbocycles. The number of carbonyl (C=O) groups is 2. The van der Waals surface area contributed by atoms with E-state index in [9.17, 15) is 40.1 Å². The van der Waals surface area contributed by atoms with Crippen molar-refractivity contribution in [2.24, 2.45) is 0 Å². The standard InChI is InChI=1S/C27H25Cl2F3O4S.C27H25Cl2F3O3S/c28-22-8-4-20(5-9-22)26(21-6-10-23(29)11-7-21)36-16-18-37(34)17-15-35-24-12-1-19(2-13-24)3-14-25(33)27(30,31)32;28-22-8-4-20(5-9-22)26(21-6-10-23(29)11-7-21)35-16-18-36-17-15-34-24-12-1-19(2-13-24)3-14-25(33)27(30,31)32/h1-2,4-13,26H,3,14-18H2;1-2,4-13,26H,3,14-18H2. The molecule has 0 bridgehead atoms. The lowest BCUT2D eigenvalue weighted by molar-refractivity contribution is -0.171. The summed E-state index contributed by atoms with van der Waals surface area (Å²) in [6.45, 7) is 1.48. The summed E-state index contributed by atoms with van der Waals surface area (Å²) >= 11 is 25.8. The van der Waals surface area contributed by atoms with Gasteiger partial charge in [0.25, 0.3) is 0 Å². The van der Waals surface area contributed by atoms with Gasteiger partial charge >= 0.3 is 12.4 Å². The molecule has 0 aliphatic heterocycles. The van der Waals surface area contributed by atoms with Crippen LogP contribution in [0.2, 0.25) is 20.1 Å². The molecule has 6 rings (SSSR count). The van der Waals surface area contributed by atoms with Crippen LogP contribution < -0.4 is 9.47 Å². The van der Waals surface area contributed by atoms with Gasteiger partial charge in [-0.2, -0.15) is 38.1 Å². The van der Waals surface area contributed by atoms with Gasteiger partial charge < -0.3 is 18.9 Å². The lowest BCUT2D eigenvalue weighted by Gasteiger charge is -2.19. The third-order valence-corrected chi connectivity index (χ3v) is 13.8. The van der Waals surface area contributed by atoms with E-state index in [4.69, 9.17) is 65.4 Å². The number of carbonyl (C=O) groups excluding carboxylic acids is 2. The lowest BCUT2D eigenvalue weighted by Crippen LogP contribution is -2.22. The van der Waals surface area contributed by atoms with E-state index in [1.165, 1.54) is 0 Å². The first-order valence-electron chi connectivity index (χ1n) is 22.7. The largest absolute Gasteiger partial charge is 0.493 e. The van der Waals surface area contributed by atoms with Crippen molar-refractivity contribution in [3.63, 3.8) is 0 Å². The third kappa shape index (κ3) is 21.7. The van der Waals surface area contributed by atoms with Crippen LogP contribution in [-0.4, -0.2) is 77.6 Å². The summed E-state index contributed by atoms with van der Waals surface area (Å²) in [6.07, 6.45) is -11.3. The normalized spacial score (nSPS) is 12.1. The number of aryl methyl sites for hydroxylation is 2. The summed E-state index contributed by atoms with van der Waals surface area (Å²) in [5.74, 6) is -0.202. The van der Waals surface area contributed by atoms with Crippen LogP contribution in [0.3, 0.4) is 0 Å². The van der Waals surface area contributed by atoms with E-state index >= 15 is 0 Å². The molecule has 0 heterocycles. The first kappa shape index (κ1) is 59.3. The fourth-order valence-electron chi connectivity index (χ4n) is 6.78. The number of benzene rings is 6. The van der Waals surface area contributed by atoms with Crippen LogP contribution in [0.5, 0.6) is 11.5 Å². The zero-order valence-corrected chi connectivity index (χ0v) is 43.6. The van der Waals surface area contributed by atoms with Crippen LogP contribution in [0.25, 0.3) is 0 Å². The molecule has 0 aliphatic rings. The van der Waals surface area contributed by atoms with E-state index in [0.29, 0.717) is 61.7 Å². The molecular weight excluding hydrogens is 1080 g/mol. The number of ketones is 2. The average molecular weight is 1130 g/mol. The first-order valence-corrected chi connectivity index (χ1v) is 26.8. The number of ether oxygens (including phenoxy) is 4. The van der Waals surface area contributed by atoms with Gasteiger partial charge in [-0.25, -0.2) is 0 Å². The highest BCUT2D eigenvalue weighted by molar-refractivity contribution is 7.99. The van der Waals surface area contributed by atoms with E-state index in [1.807, 2.05) is 72.8 Å². The van der Waals surface area contributed by atoms with Crippen LogP contribution in [0.4, 0.5) is 26.3 Å². The fourth-order valence-corrected chi connectivity index (χ4v) is 8.66. The number of Topliss-reactive ketones (excluding diaryl/α,β-unsaturated/α-hetero) is 2. The van der Waals surface area contributed by atoms with Crippen LogP contribution in [0.15, 0.2) is 146 Å². The molecule has 390 valence electrons. The molecule has 7 nitrogen and oxygen atoms in total. The lowest BCUT2D eigenvalue weighted by atomic mass is 10.0. The Labute approximate surface area is 447 Å². The van der Waals surface area contributed by atoms with Crippen LogP contribution in [0.1, 0.15) is 58.4 Å². The molecule has 0 spiro atoms. The maximum absolute atomic E-state index is 12.5. The van der Waals surface area contributed by atoms with Crippen LogP contribution in [0, 0.1) is 0 Å².